The molecule has 1 heterocycles. The summed E-state index contributed by atoms with van der Waals surface area (Å²) >= 11 is 12.3. The Bertz CT molecular complexity index is 1290. The van der Waals surface area contributed by atoms with Gasteiger partial charge >= 0.3 is 6.03 Å². The van der Waals surface area contributed by atoms with Crippen molar-refractivity contribution in [2.45, 2.75) is 36.7 Å². The highest BCUT2D eigenvalue weighted by molar-refractivity contribution is 7.90. The molecule has 33 heavy (non-hydrogen) atoms. The maximum absolute atomic E-state index is 12.9. The van der Waals surface area contributed by atoms with Gasteiger partial charge in [0.15, 0.2) is 9.84 Å². The third-order valence-electron chi connectivity index (χ3n) is 5.53. The molecule has 1 aliphatic rings. The standard InChI is InChI=1S/C24H23Cl2N3O3S/c1-15(21-3-2-4-22(25)23(21)26)28-24(30)29-19-7-9-20(10-8-19)33(31,32)14-16-5-6-17-12-27-13-18(17)11-16/h2-11,15,27H,12-14H2,1H3,(H2,28,29,30)/t15-/m0/s1. The van der Waals surface area contributed by atoms with E-state index >= 15 is 0 Å². The average Bonchev–Trinajstić information content (AvgIpc) is 3.23. The molecule has 0 fully saturated rings. The first-order chi connectivity index (χ1) is 15.7. The number of nitrogens with one attached hydrogen (secondary N) is 3. The van der Waals surface area contributed by atoms with Gasteiger partial charge in [-0.25, -0.2) is 13.2 Å². The number of urea groups is 1. The molecule has 3 N–H and O–H groups in total. The number of fused-ring (bicyclic) bond motifs is 1. The van der Waals surface area contributed by atoms with Crippen LogP contribution in [0.25, 0.3) is 0 Å². The molecule has 2 amide bonds. The van der Waals surface area contributed by atoms with Gasteiger partial charge in [-0.2, -0.15) is 0 Å². The Balaban J connectivity index is 1.39. The van der Waals surface area contributed by atoms with Gasteiger partial charge in [0.2, 0.25) is 0 Å². The number of carbonyl (C=O) groups is 1. The zero-order chi connectivity index (χ0) is 23.6. The topological polar surface area (TPSA) is 87.3 Å². The summed E-state index contributed by atoms with van der Waals surface area (Å²) in [4.78, 5) is 12.6. The molecular formula is C24H23Cl2N3O3S. The van der Waals surface area contributed by atoms with Crippen LogP contribution in [0.2, 0.25) is 10.0 Å². The number of carbonyl (C=O) groups excluding carboxylic acids is 1. The first-order valence-electron chi connectivity index (χ1n) is 10.4. The van der Waals surface area contributed by atoms with Crippen molar-refractivity contribution in [3.63, 3.8) is 0 Å². The molecule has 0 unspecified atom stereocenters. The predicted molar refractivity (Wildman–Crippen MR) is 131 cm³/mol. The largest absolute Gasteiger partial charge is 0.331 e. The molecule has 4 rings (SSSR count). The minimum atomic E-state index is -3.52. The minimum Gasteiger partial charge on any atom is -0.331 e. The normalized spacial score (nSPS) is 13.9. The van der Waals surface area contributed by atoms with E-state index in [4.69, 9.17) is 23.2 Å². The van der Waals surface area contributed by atoms with Crippen LogP contribution >= 0.6 is 23.2 Å². The molecule has 0 aromatic heterocycles. The fourth-order valence-electron chi connectivity index (χ4n) is 3.78. The van der Waals surface area contributed by atoms with Crippen molar-refractivity contribution in [2.24, 2.45) is 0 Å². The smallest absolute Gasteiger partial charge is 0.319 e. The number of hydrogen-bond acceptors (Lipinski definition) is 4. The van der Waals surface area contributed by atoms with E-state index in [1.807, 2.05) is 18.2 Å². The second-order valence-corrected chi connectivity index (χ2v) is 10.7. The monoisotopic (exact) mass is 503 g/mol. The molecule has 1 aliphatic heterocycles. The lowest BCUT2D eigenvalue weighted by Gasteiger charge is -2.17. The third kappa shape index (κ3) is 5.50. The SMILES string of the molecule is C[C@H](NC(=O)Nc1ccc(S(=O)(=O)Cc2ccc3c(c2)CNC3)cc1)c1cccc(Cl)c1Cl. The van der Waals surface area contributed by atoms with Gasteiger partial charge in [0.05, 0.1) is 26.7 Å². The van der Waals surface area contributed by atoms with Gasteiger partial charge in [0.25, 0.3) is 0 Å². The van der Waals surface area contributed by atoms with Crippen molar-refractivity contribution >= 4 is 44.8 Å². The van der Waals surface area contributed by atoms with Gasteiger partial charge in [0.1, 0.15) is 0 Å². The predicted octanol–water partition coefficient (Wildman–Crippen LogP) is 5.45. The molecule has 0 bridgehead atoms. The number of rotatable bonds is 6. The number of sulfone groups is 1. The number of benzene rings is 3. The van der Waals surface area contributed by atoms with Crippen molar-refractivity contribution in [3.8, 4) is 0 Å². The molecule has 0 spiro atoms. The molecular weight excluding hydrogens is 481 g/mol. The van der Waals surface area contributed by atoms with Crippen LogP contribution in [0.4, 0.5) is 10.5 Å². The fraction of sp³-hybridized carbons (Fsp3) is 0.208. The molecule has 0 aliphatic carbocycles. The van der Waals surface area contributed by atoms with E-state index in [1.165, 1.54) is 17.7 Å². The fourth-order valence-corrected chi connectivity index (χ4v) is 5.59. The van der Waals surface area contributed by atoms with Gasteiger partial charge in [-0.05, 0) is 59.5 Å². The highest BCUT2D eigenvalue weighted by Gasteiger charge is 2.18. The summed E-state index contributed by atoms with van der Waals surface area (Å²) < 4.78 is 25.7. The summed E-state index contributed by atoms with van der Waals surface area (Å²) in [6, 6.07) is 16.3. The Morgan fingerprint density at radius 3 is 2.52 bits per heavy atom. The molecule has 0 saturated heterocycles. The van der Waals surface area contributed by atoms with Crippen LogP contribution in [-0.2, 0) is 28.7 Å². The van der Waals surface area contributed by atoms with Crippen molar-refractivity contribution in [3.05, 3.63) is 93.0 Å². The summed E-state index contributed by atoms with van der Waals surface area (Å²) in [6.45, 7) is 3.37. The maximum atomic E-state index is 12.9. The molecule has 6 nitrogen and oxygen atoms in total. The Morgan fingerprint density at radius 1 is 1.03 bits per heavy atom. The molecule has 0 radical (unpaired) electrons. The lowest BCUT2D eigenvalue weighted by atomic mass is 10.1. The van der Waals surface area contributed by atoms with Gasteiger partial charge in [-0.15, -0.1) is 0 Å². The minimum absolute atomic E-state index is 0.0779. The van der Waals surface area contributed by atoms with Crippen LogP contribution in [0.15, 0.2) is 65.6 Å². The average molecular weight is 504 g/mol. The van der Waals surface area contributed by atoms with Gasteiger partial charge in [0, 0.05) is 18.8 Å². The maximum Gasteiger partial charge on any atom is 0.319 e. The van der Waals surface area contributed by atoms with Crippen molar-refractivity contribution in [1.29, 1.82) is 0 Å². The summed E-state index contributed by atoms with van der Waals surface area (Å²) in [7, 11) is -3.52. The quantitative estimate of drug-likeness (QED) is 0.417. The first kappa shape index (κ1) is 23.6. The van der Waals surface area contributed by atoms with Gasteiger partial charge in [-0.3, -0.25) is 0 Å². The Kier molecular flexibility index (Phi) is 6.95. The second-order valence-electron chi connectivity index (χ2n) is 7.95. The molecule has 9 heteroatoms. The Morgan fingerprint density at radius 2 is 1.76 bits per heavy atom. The second kappa shape index (κ2) is 9.73. The van der Waals surface area contributed by atoms with Crippen LogP contribution in [-0.4, -0.2) is 14.4 Å². The van der Waals surface area contributed by atoms with Crippen LogP contribution in [0, 0.1) is 0 Å². The van der Waals surface area contributed by atoms with Crippen LogP contribution in [0.3, 0.4) is 0 Å². The van der Waals surface area contributed by atoms with E-state index in [1.54, 1.807) is 37.3 Å². The molecule has 172 valence electrons. The number of amides is 2. The van der Waals surface area contributed by atoms with Crippen LogP contribution < -0.4 is 16.0 Å². The highest BCUT2D eigenvalue weighted by atomic mass is 35.5. The first-order valence-corrected chi connectivity index (χ1v) is 12.8. The summed E-state index contributed by atoms with van der Waals surface area (Å²) in [6.07, 6.45) is 0. The van der Waals surface area contributed by atoms with E-state index in [0.717, 1.165) is 24.2 Å². The van der Waals surface area contributed by atoms with E-state index in [2.05, 4.69) is 16.0 Å². The number of hydrogen-bond donors (Lipinski definition) is 3. The molecule has 1 atom stereocenters. The van der Waals surface area contributed by atoms with Crippen LogP contribution in [0.1, 0.15) is 35.2 Å². The molecule has 3 aromatic rings. The Labute approximate surface area is 203 Å². The van der Waals surface area contributed by atoms with E-state index in [9.17, 15) is 13.2 Å². The zero-order valence-electron chi connectivity index (χ0n) is 17.9. The Hall–Kier alpha value is -2.58. The summed E-state index contributed by atoms with van der Waals surface area (Å²) in [5.74, 6) is -0.0779. The third-order valence-corrected chi connectivity index (χ3v) is 8.06. The lowest BCUT2D eigenvalue weighted by Crippen LogP contribution is -2.31. The highest BCUT2D eigenvalue weighted by Crippen LogP contribution is 2.30. The molecule has 0 saturated carbocycles. The van der Waals surface area contributed by atoms with Crippen molar-refractivity contribution in [2.75, 3.05) is 5.32 Å². The zero-order valence-corrected chi connectivity index (χ0v) is 20.2. The van der Waals surface area contributed by atoms with Gasteiger partial charge in [-0.1, -0.05) is 53.5 Å². The molecule has 3 aromatic carbocycles. The number of anilines is 1. The van der Waals surface area contributed by atoms with E-state index in [0.29, 0.717) is 21.3 Å². The van der Waals surface area contributed by atoms with Crippen LogP contribution in [0.5, 0.6) is 0 Å². The van der Waals surface area contributed by atoms with Crippen molar-refractivity contribution in [1.82, 2.24) is 10.6 Å². The van der Waals surface area contributed by atoms with E-state index < -0.39 is 15.9 Å². The van der Waals surface area contributed by atoms with Gasteiger partial charge < -0.3 is 16.0 Å². The number of halogens is 2. The summed E-state index contributed by atoms with van der Waals surface area (Å²) in [5.41, 5.74) is 4.27. The van der Waals surface area contributed by atoms with Crippen molar-refractivity contribution < 1.29 is 13.2 Å². The summed E-state index contributed by atoms with van der Waals surface area (Å²) in [5, 5.41) is 9.56. The van der Waals surface area contributed by atoms with E-state index in [-0.39, 0.29) is 16.7 Å². The lowest BCUT2D eigenvalue weighted by molar-refractivity contribution is 0.249.